The van der Waals surface area contributed by atoms with E-state index in [1.165, 1.54) is 6.07 Å². The lowest BCUT2D eigenvalue weighted by molar-refractivity contribution is 0.281. The molecule has 4 nitrogen and oxygen atoms in total. The van der Waals surface area contributed by atoms with Gasteiger partial charge in [0.15, 0.2) is 0 Å². The van der Waals surface area contributed by atoms with E-state index in [1.807, 2.05) is 0 Å². The molecule has 0 amide bonds. The van der Waals surface area contributed by atoms with Crippen molar-refractivity contribution in [3.8, 4) is 0 Å². The standard InChI is InChI=1S/C12H17NO3S/c1-9-5-6-10(8-14)7-12(9)17(15,16)13-11-3-2-4-11/h5-7,11,13-14H,2-4,8H2,1H3. The van der Waals surface area contributed by atoms with Gasteiger partial charge in [-0.15, -0.1) is 0 Å². The first-order chi connectivity index (χ1) is 8.03. The highest BCUT2D eigenvalue weighted by Gasteiger charge is 2.25. The van der Waals surface area contributed by atoms with Crippen LogP contribution in [0.2, 0.25) is 0 Å². The van der Waals surface area contributed by atoms with Crippen LogP contribution in [0.15, 0.2) is 23.1 Å². The molecule has 94 valence electrons. The maximum atomic E-state index is 12.1. The summed E-state index contributed by atoms with van der Waals surface area (Å²) in [5.41, 5.74) is 1.32. The molecular formula is C12H17NO3S. The van der Waals surface area contributed by atoms with E-state index < -0.39 is 10.0 Å². The first kappa shape index (κ1) is 12.5. The molecule has 0 bridgehead atoms. The molecule has 0 aromatic heterocycles. The summed E-state index contributed by atoms with van der Waals surface area (Å²) in [6.45, 7) is 1.61. The Hall–Kier alpha value is -0.910. The fraction of sp³-hybridized carbons (Fsp3) is 0.500. The zero-order chi connectivity index (χ0) is 12.5. The Bertz CT molecular complexity index is 506. The number of benzene rings is 1. The minimum Gasteiger partial charge on any atom is -0.392 e. The topological polar surface area (TPSA) is 66.4 Å². The van der Waals surface area contributed by atoms with Gasteiger partial charge < -0.3 is 5.11 Å². The van der Waals surface area contributed by atoms with E-state index in [0.717, 1.165) is 19.3 Å². The van der Waals surface area contributed by atoms with Gasteiger partial charge in [0.05, 0.1) is 11.5 Å². The number of hydrogen-bond acceptors (Lipinski definition) is 3. The molecule has 0 spiro atoms. The Morgan fingerprint density at radius 1 is 1.41 bits per heavy atom. The monoisotopic (exact) mass is 255 g/mol. The van der Waals surface area contributed by atoms with Crippen LogP contribution in [0.3, 0.4) is 0 Å². The second-order valence-corrected chi connectivity index (χ2v) is 6.19. The summed E-state index contributed by atoms with van der Waals surface area (Å²) in [5, 5.41) is 9.04. The molecule has 1 saturated carbocycles. The van der Waals surface area contributed by atoms with Gasteiger partial charge in [0.1, 0.15) is 0 Å². The van der Waals surface area contributed by atoms with E-state index in [9.17, 15) is 8.42 Å². The summed E-state index contributed by atoms with van der Waals surface area (Å²) >= 11 is 0. The van der Waals surface area contributed by atoms with Crippen molar-refractivity contribution in [3.63, 3.8) is 0 Å². The van der Waals surface area contributed by atoms with Crippen LogP contribution in [-0.4, -0.2) is 19.6 Å². The van der Waals surface area contributed by atoms with Gasteiger partial charge in [-0.05, 0) is 37.0 Å². The summed E-state index contributed by atoms with van der Waals surface area (Å²) in [4.78, 5) is 0.274. The molecule has 1 aromatic rings. The number of aliphatic hydroxyl groups is 1. The quantitative estimate of drug-likeness (QED) is 0.852. The van der Waals surface area contributed by atoms with Crippen LogP contribution in [0, 0.1) is 6.92 Å². The molecular weight excluding hydrogens is 238 g/mol. The van der Waals surface area contributed by atoms with Gasteiger partial charge in [0.25, 0.3) is 0 Å². The SMILES string of the molecule is Cc1ccc(CO)cc1S(=O)(=O)NC1CCC1. The number of aliphatic hydroxyl groups excluding tert-OH is 1. The molecule has 1 aliphatic rings. The average Bonchev–Trinajstić information content (AvgIpc) is 2.24. The highest BCUT2D eigenvalue weighted by atomic mass is 32.2. The number of rotatable bonds is 4. The lowest BCUT2D eigenvalue weighted by atomic mass is 9.94. The molecule has 2 N–H and O–H groups in total. The molecule has 1 aliphatic carbocycles. The van der Waals surface area contributed by atoms with Crippen LogP contribution in [0.25, 0.3) is 0 Å². The molecule has 0 saturated heterocycles. The minimum absolute atomic E-state index is 0.0807. The summed E-state index contributed by atoms with van der Waals surface area (Å²) in [6.07, 6.45) is 2.92. The van der Waals surface area contributed by atoms with Crippen LogP contribution in [0.1, 0.15) is 30.4 Å². The van der Waals surface area contributed by atoms with Crippen LogP contribution in [0.5, 0.6) is 0 Å². The predicted octanol–water partition coefficient (Wildman–Crippen LogP) is 1.32. The molecule has 0 aliphatic heterocycles. The molecule has 0 radical (unpaired) electrons. The lowest BCUT2D eigenvalue weighted by Crippen LogP contribution is -2.39. The summed E-state index contributed by atoms with van der Waals surface area (Å²) in [7, 11) is -3.44. The van der Waals surface area contributed by atoms with Gasteiger partial charge in [-0.2, -0.15) is 0 Å². The molecule has 0 heterocycles. The Balaban J connectivity index is 2.30. The fourth-order valence-corrected chi connectivity index (χ4v) is 3.44. The van der Waals surface area contributed by atoms with Crippen LogP contribution < -0.4 is 4.72 Å². The normalized spacial score (nSPS) is 16.8. The zero-order valence-corrected chi connectivity index (χ0v) is 10.6. The van der Waals surface area contributed by atoms with Crippen molar-refractivity contribution in [2.24, 2.45) is 0 Å². The van der Waals surface area contributed by atoms with Gasteiger partial charge in [-0.1, -0.05) is 18.6 Å². The summed E-state index contributed by atoms with van der Waals surface area (Å²) in [5.74, 6) is 0. The number of nitrogens with one attached hydrogen (secondary N) is 1. The van der Waals surface area contributed by atoms with Crippen LogP contribution in [0.4, 0.5) is 0 Å². The largest absolute Gasteiger partial charge is 0.392 e. The molecule has 0 unspecified atom stereocenters. The van der Waals surface area contributed by atoms with Crippen molar-refractivity contribution in [1.29, 1.82) is 0 Å². The third kappa shape index (κ3) is 2.68. The molecule has 1 fully saturated rings. The predicted molar refractivity (Wildman–Crippen MR) is 65.1 cm³/mol. The van der Waals surface area contributed by atoms with Crippen molar-refractivity contribution < 1.29 is 13.5 Å². The maximum absolute atomic E-state index is 12.1. The van der Waals surface area contributed by atoms with Crippen LogP contribution >= 0.6 is 0 Å². The van der Waals surface area contributed by atoms with Gasteiger partial charge in [0, 0.05) is 6.04 Å². The van der Waals surface area contributed by atoms with Gasteiger partial charge in [-0.3, -0.25) is 0 Å². The molecule has 1 aromatic carbocycles. The number of aryl methyl sites for hydroxylation is 1. The van der Waals surface area contributed by atoms with Crippen molar-refractivity contribution in [1.82, 2.24) is 4.72 Å². The summed E-state index contributed by atoms with van der Waals surface area (Å²) < 4.78 is 27.0. The van der Waals surface area contributed by atoms with Crippen molar-refractivity contribution in [3.05, 3.63) is 29.3 Å². The van der Waals surface area contributed by atoms with Crippen molar-refractivity contribution in [2.75, 3.05) is 0 Å². The van der Waals surface area contributed by atoms with Gasteiger partial charge in [-0.25, -0.2) is 13.1 Å². The van der Waals surface area contributed by atoms with E-state index in [2.05, 4.69) is 4.72 Å². The fourth-order valence-electron chi connectivity index (χ4n) is 1.84. The highest BCUT2D eigenvalue weighted by molar-refractivity contribution is 7.89. The smallest absolute Gasteiger partial charge is 0.241 e. The number of hydrogen-bond donors (Lipinski definition) is 2. The first-order valence-electron chi connectivity index (χ1n) is 5.75. The van der Waals surface area contributed by atoms with Crippen LogP contribution in [-0.2, 0) is 16.6 Å². The molecule has 2 rings (SSSR count). The zero-order valence-electron chi connectivity index (χ0n) is 9.81. The third-order valence-electron chi connectivity index (χ3n) is 3.15. The average molecular weight is 255 g/mol. The Morgan fingerprint density at radius 2 is 2.12 bits per heavy atom. The molecule has 0 atom stereocenters. The highest BCUT2D eigenvalue weighted by Crippen LogP contribution is 2.23. The van der Waals surface area contributed by atoms with E-state index in [-0.39, 0.29) is 17.5 Å². The third-order valence-corrected chi connectivity index (χ3v) is 4.81. The maximum Gasteiger partial charge on any atom is 0.241 e. The minimum atomic E-state index is -3.44. The Kier molecular flexibility index (Phi) is 3.51. The van der Waals surface area contributed by atoms with E-state index >= 15 is 0 Å². The van der Waals surface area contributed by atoms with E-state index in [1.54, 1.807) is 19.1 Å². The first-order valence-corrected chi connectivity index (χ1v) is 7.24. The van der Waals surface area contributed by atoms with Gasteiger partial charge >= 0.3 is 0 Å². The second kappa shape index (κ2) is 4.76. The molecule has 5 heteroatoms. The number of sulfonamides is 1. The van der Waals surface area contributed by atoms with Crippen molar-refractivity contribution >= 4 is 10.0 Å². The second-order valence-electron chi connectivity index (χ2n) is 4.51. The van der Waals surface area contributed by atoms with Gasteiger partial charge in [0.2, 0.25) is 10.0 Å². The van der Waals surface area contributed by atoms with E-state index in [4.69, 9.17) is 5.11 Å². The lowest BCUT2D eigenvalue weighted by Gasteiger charge is -2.26. The van der Waals surface area contributed by atoms with Crippen molar-refractivity contribution in [2.45, 2.75) is 43.7 Å². The molecule has 17 heavy (non-hydrogen) atoms. The van der Waals surface area contributed by atoms with E-state index in [0.29, 0.717) is 11.1 Å². The Labute approximate surface area is 102 Å². The Morgan fingerprint density at radius 3 is 2.65 bits per heavy atom. The summed E-state index contributed by atoms with van der Waals surface area (Å²) in [6, 6.07) is 5.08.